The van der Waals surface area contributed by atoms with Crippen molar-refractivity contribution in [1.29, 1.82) is 0 Å². The molecule has 0 unspecified atom stereocenters. The van der Waals surface area contributed by atoms with Gasteiger partial charge in [0, 0.05) is 55.4 Å². The molecule has 1 N–H and O–H groups in total. The number of nitrogens with one attached hydrogen (secondary N) is 1. The molecule has 3 rings (SSSR count). The fourth-order valence-electron chi connectivity index (χ4n) is 3.80. The molecule has 3 heterocycles. The van der Waals surface area contributed by atoms with Crippen LogP contribution in [0.3, 0.4) is 0 Å². The number of amides is 2. The number of aryl methyl sites for hydroxylation is 3. The van der Waals surface area contributed by atoms with Crippen LogP contribution in [-0.2, 0) is 16.0 Å². The predicted molar refractivity (Wildman–Crippen MR) is 114 cm³/mol. The van der Waals surface area contributed by atoms with Gasteiger partial charge in [0.05, 0.1) is 18.7 Å². The molecule has 0 atom stereocenters. The maximum Gasteiger partial charge on any atom is 0.251 e. The van der Waals surface area contributed by atoms with Gasteiger partial charge in [-0.2, -0.15) is 5.10 Å². The van der Waals surface area contributed by atoms with Crippen LogP contribution in [-0.4, -0.2) is 80.6 Å². The van der Waals surface area contributed by atoms with Crippen LogP contribution in [0.5, 0.6) is 0 Å². The summed E-state index contributed by atoms with van der Waals surface area (Å²) in [7, 11) is 0. The molecule has 30 heavy (non-hydrogen) atoms. The molecule has 2 aromatic rings. The number of piperazine rings is 1. The SMILES string of the molecule is CCNC(=O)CN1CCN(C(=O)Cc2c(C)nn(-c3nc(C)cc(C)n3)c2C)CC1. The highest BCUT2D eigenvalue weighted by molar-refractivity contribution is 5.80. The molecule has 0 saturated carbocycles. The van der Waals surface area contributed by atoms with Gasteiger partial charge in [-0.25, -0.2) is 14.6 Å². The molecule has 1 fully saturated rings. The van der Waals surface area contributed by atoms with Crippen LogP contribution in [0.15, 0.2) is 6.07 Å². The van der Waals surface area contributed by atoms with Gasteiger partial charge in [0.15, 0.2) is 0 Å². The molecule has 0 spiro atoms. The van der Waals surface area contributed by atoms with Crippen LogP contribution in [0.4, 0.5) is 0 Å². The van der Waals surface area contributed by atoms with Crippen molar-refractivity contribution < 1.29 is 9.59 Å². The van der Waals surface area contributed by atoms with Crippen molar-refractivity contribution in [3.05, 3.63) is 34.4 Å². The maximum absolute atomic E-state index is 12.9. The molecular formula is C21H31N7O2. The lowest BCUT2D eigenvalue weighted by Gasteiger charge is -2.34. The lowest BCUT2D eigenvalue weighted by atomic mass is 10.1. The van der Waals surface area contributed by atoms with Gasteiger partial charge in [-0.15, -0.1) is 0 Å². The first-order valence-electron chi connectivity index (χ1n) is 10.4. The maximum atomic E-state index is 12.9. The summed E-state index contributed by atoms with van der Waals surface area (Å²) in [6.45, 7) is 13.3. The highest BCUT2D eigenvalue weighted by Gasteiger charge is 2.25. The average Bonchev–Trinajstić information content (AvgIpc) is 2.96. The molecule has 0 aromatic carbocycles. The van der Waals surface area contributed by atoms with Gasteiger partial charge in [0.2, 0.25) is 11.8 Å². The normalized spacial score (nSPS) is 14.8. The zero-order valence-corrected chi connectivity index (χ0v) is 18.5. The van der Waals surface area contributed by atoms with Crippen molar-refractivity contribution >= 4 is 11.8 Å². The van der Waals surface area contributed by atoms with Crippen LogP contribution in [0.1, 0.15) is 35.3 Å². The van der Waals surface area contributed by atoms with E-state index in [1.54, 1.807) is 4.68 Å². The summed E-state index contributed by atoms with van der Waals surface area (Å²) in [5.74, 6) is 0.648. The van der Waals surface area contributed by atoms with Crippen molar-refractivity contribution in [2.75, 3.05) is 39.3 Å². The van der Waals surface area contributed by atoms with E-state index in [0.29, 0.717) is 51.6 Å². The summed E-state index contributed by atoms with van der Waals surface area (Å²) >= 11 is 0. The molecule has 2 aromatic heterocycles. The number of hydrogen-bond acceptors (Lipinski definition) is 6. The Morgan fingerprint density at radius 3 is 2.27 bits per heavy atom. The van der Waals surface area contributed by atoms with Crippen LogP contribution in [0, 0.1) is 27.7 Å². The monoisotopic (exact) mass is 413 g/mol. The summed E-state index contributed by atoms with van der Waals surface area (Å²) < 4.78 is 1.72. The number of carbonyl (C=O) groups is 2. The molecule has 1 aliphatic heterocycles. The molecular weight excluding hydrogens is 382 g/mol. The number of aromatic nitrogens is 4. The average molecular weight is 414 g/mol. The van der Waals surface area contributed by atoms with Crippen LogP contribution in [0.25, 0.3) is 5.95 Å². The van der Waals surface area contributed by atoms with E-state index >= 15 is 0 Å². The Morgan fingerprint density at radius 1 is 1.03 bits per heavy atom. The van der Waals surface area contributed by atoms with Crippen molar-refractivity contribution in [1.82, 2.24) is 34.9 Å². The highest BCUT2D eigenvalue weighted by Crippen LogP contribution is 2.18. The highest BCUT2D eigenvalue weighted by atomic mass is 16.2. The predicted octanol–water partition coefficient (Wildman–Crippen LogP) is 0.719. The van der Waals surface area contributed by atoms with Crippen molar-refractivity contribution in [2.45, 2.75) is 41.0 Å². The first-order valence-corrected chi connectivity index (χ1v) is 10.4. The second-order valence-electron chi connectivity index (χ2n) is 7.80. The topological polar surface area (TPSA) is 96.2 Å². The quantitative estimate of drug-likeness (QED) is 0.750. The van der Waals surface area contributed by atoms with E-state index in [1.165, 1.54) is 0 Å². The van der Waals surface area contributed by atoms with E-state index in [9.17, 15) is 9.59 Å². The van der Waals surface area contributed by atoms with Gasteiger partial charge < -0.3 is 10.2 Å². The minimum atomic E-state index is 0.0320. The lowest BCUT2D eigenvalue weighted by Crippen LogP contribution is -2.51. The second-order valence-corrected chi connectivity index (χ2v) is 7.80. The van der Waals surface area contributed by atoms with Gasteiger partial charge in [-0.3, -0.25) is 14.5 Å². The zero-order chi connectivity index (χ0) is 21.8. The smallest absolute Gasteiger partial charge is 0.251 e. The third-order valence-electron chi connectivity index (χ3n) is 5.40. The standard InChI is InChI=1S/C21H31N7O2/c1-6-22-19(29)13-26-7-9-27(10-8-26)20(30)12-18-16(4)25-28(17(18)5)21-23-14(2)11-15(3)24-21/h11H,6-10,12-13H2,1-5H3,(H,22,29). The minimum absolute atomic E-state index is 0.0320. The molecule has 0 bridgehead atoms. The molecule has 1 saturated heterocycles. The Labute approximate surface area is 177 Å². The second kappa shape index (κ2) is 9.34. The largest absolute Gasteiger partial charge is 0.355 e. The molecule has 9 nitrogen and oxygen atoms in total. The van der Waals surface area contributed by atoms with E-state index in [1.807, 2.05) is 45.6 Å². The van der Waals surface area contributed by atoms with Crippen LogP contribution >= 0.6 is 0 Å². The Hall–Kier alpha value is -2.81. The number of rotatable bonds is 6. The summed E-state index contributed by atoms with van der Waals surface area (Å²) in [6, 6.07) is 1.92. The van der Waals surface area contributed by atoms with E-state index in [0.717, 1.165) is 28.3 Å². The number of hydrogen-bond donors (Lipinski definition) is 1. The van der Waals surface area contributed by atoms with Crippen molar-refractivity contribution in [3.63, 3.8) is 0 Å². The van der Waals surface area contributed by atoms with E-state index in [-0.39, 0.29) is 11.8 Å². The van der Waals surface area contributed by atoms with Gasteiger partial charge in [-0.1, -0.05) is 0 Å². The fraction of sp³-hybridized carbons (Fsp3) is 0.571. The van der Waals surface area contributed by atoms with E-state index < -0.39 is 0 Å². The number of nitrogens with zero attached hydrogens (tertiary/aromatic N) is 6. The van der Waals surface area contributed by atoms with Crippen LogP contribution in [0.2, 0.25) is 0 Å². The van der Waals surface area contributed by atoms with Gasteiger partial charge in [0.25, 0.3) is 5.95 Å². The molecule has 162 valence electrons. The lowest BCUT2D eigenvalue weighted by molar-refractivity contribution is -0.132. The zero-order valence-electron chi connectivity index (χ0n) is 18.5. The van der Waals surface area contributed by atoms with Crippen molar-refractivity contribution in [3.8, 4) is 5.95 Å². The van der Waals surface area contributed by atoms with Gasteiger partial charge in [0.1, 0.15) is 0 Å². The molecule has 2 amide bonds. The summed E-state index contributed by atoms with van der Waals surface area (Å²) in [5, 5.41) is 7.41. The summed E-state index contributed by atoms with van der Waals surface area (Å²) in [5.41, 5.74) is 4.40. The third kappa shape index (κ3) is 5.02. The minimum Gasteiger partial charge on any atom is -0.355 e. The van der Waals surface area contributed by atoms with Gasteiger partial charge in [-0.05, 0) is 40.7 Å². The molecule has 1 aliphatic rings. The first kappa shape index (κ1) is 21.9. The van der Waals surface area contributed by atoms with Crippen LogP contribution < -0.4 is 5.32 Å². The molecule has 9 heteroatoms. The Bertz CT molecular complexity index is 909. The number of likely N-dealkylation sites (N-methyl/N-ethyl adjacent to an activating group) is 1. The van der Waals surface area contributed by atoms with Gasteiger partial charge >= 0.3 is 0 Å². The fourth-order valence-corrected chi connectivity index (χ4v) is 3.80. The van der Waals surface area contributed by atoms with Crippen molar-refractivity contribution in [2.24, 2.45) is 0 Å². The van der Waals surface area contributed by atoms with E-state index in [4.69, 9.17) is 0 Å². The summed E-state index contributed by atoms with van der Waals surface area (Å²) in [6.07, 6.45) is 0.304. The van der Waals surface area contributed by atoms with E-state index in [2.05, 4.69) is 25.3 Å². The molecule has 0 radical (unpaired) electrons. The Morgan fingerprint density at radius 2 is 1.67 bits per heavy atom. The Balaban J connectivity index is 1.65. The third-order valence-corrected chi connectivity index (χ3v) is 5.40. The number of carbonyl (C=O) groups excluding carboxylic acids is 2. The first-order chi connectivity index (χ1) is 14.3. The summed E-state index contributed by atoms with van der Waals surface area (Å²) in [4.78, 5) is 37.6. The Kier molecular flexibility index (Phi) is 6.81. The molecule has 0 aliphatic carbocycles.